The molecule has 1 aliphatic heterocycles. The van der Waals surface area contributed by atoms with Crippen LogP contribution in [0.15, 0.2) is 0 Å². The minimum absolute atomic E-state index is 0.0538. The average molecular weight is 243 g/mol. The van der Waals surface area contributed by atoms with Crippen molar-refractivity contribution < 1.29 is 33.8 Å². The zero-order valence-electron chi connectivity index (χ0n) is 7.76. The lowest BCUT2D eigenvalue weighted by atomic mass is 10.0. The summed E-state index contributed by atoms with van der Waals surface area (Å²) in [6.07, 6.45) is -3.08. The van der Waals surface area contributed by atoms with Crippen LogP contribution in [0.2, 0.25) is 0 Å². The highest BCUT2D eigenvalue weighted by Crippen LogP contribution is 2.36. The minimum Gasteiger partial charge on any atom is -0.391 e. The van der Waals surface area contributed by atoms with Crippen molar-refractivity contribution >= 4 is 7.82 Å². The second kappa shape index (κ2) is 4.86. The monoisotopic (exact) mass is 243 g/mol. The molecule has 0 spiro atoms. The van der Waals surface area contributed by atoms with Gasteiger partial charge in [-0.05, 0) is 0 Å². The molecule has 1 saturated heterocycles. The van der Waals surface area contributed by atoms with Gasteiger partial charge in [-0.25, -0.2) is 4.57 Å². The summed E-state index contributed by atoms with van der Waals surface area (Å²) in [6, 6.07) is -0.920. The average Bonchev–Trinajstić information content (AvgIpc) is 2.09. The molecular formula is C6H14NO7P. The number of hydrogen-bond acceptors (Lipinski definition) is 6. The highest BCUT2D eigenvalue weighted by atomic mass is 31.2. The van der Waals surface area contributed by atoms with Crippen molar-refractivity contribution in [3.63, 3.8) is 0 Å². The van der Waals surface area contributed by atoms with Gasteiger partial charge in [-0.2, -0.15) is 0 Å². The number of hydrogen-bond donors (Lipinski definition) is 5. The summed E-state index contributed by atoms with van der Waals surface area (Å²) in [7, 11) is -4.56. The van der Waals surface area contributed by atoms with Crippen molar-refractivity contribution in [2.75, 3.05) is 6.61 Å². The molecule has 1 rings (SSSR count). The van der Waals surface area contributed by atoms with Gasteiger partial charge in [-0.3, -0.25) is 4.52 Å². The van der Waals surface area contributed by atoms with Gasteiger partial charge >= 0.3 is 7.82 Å². The first-order valence-electron chi connectivity index (χ1n) is 4.27. The van der Waals surface area contributed by atoms with Gasteiger partial charge in [-0.15, -0.1) is 0 Å². The standard InChI is InChI=1S/C6H14NO7P/c7-5-4(8)1-3(14-6(5)9)2-13-15(10,11)12/h3-6,8-9H,1-2,7H2,(H2,10,11,12)/t3-,4-,5-,6?/m0/s1. The predicted octanol–water partition coefficient (Wildman–Crippen LogP) is -2.11. The molecule has 0 aliphatic carbocycles. The van der Waals surface area contributed by atoms with Crippen molar-refractivity contribution in [3.8, 4) is 0 Å². The summed E-state index contributed by atoms with van der Waals surface area (Å²) >= 11 is 0. The number of phosphoric acid groups is 1. The zero-order chi connectivity index (χ0) is 11.6. The molecule has 1 unspecified atom stereocenters. The number of ether oxygens (including phenoxy) is 1. The Hall–Kier alpha value is -0.0500. The highest BCUT2D eigenvalue weighted by Gasteiger charge is 2.35. The lowest BCUT2D eigenvalue weighted by Gasteiger charge is -2.34. The Morgan fingerprint density at radius 2 is 2.07 bits per heavy atom. The van der Waals surface area contributed by atoms with Crippen LogP contribution in [-0.2, 0) is 13.8 Å². The molecule has 4 atom stereocenters. The first-order valence-corrected chi connectivity index (χ1v) is 5.80. The van der Waals surface area contributed by atoms with E-state index >= 15 is 0 Å². The topological polar surface area (TPSA) is 142 Å². The van der Waals surface area contributed by atoms with Crippen LogP contribution in [0, 0.1) is 0 Å². The van der Waals surface area contributed by atoms with E-state index in [4.69, 9.17) is 20.3 Å². The second-order valence-electron chi connectivity index (χ2n) is 3.32. The molecule has 0 amide bonds. The molecule has 1 aliphatic rings. The van der Waals surface area contributed by atoms with Crippen LogP contribution in [0.1, 0.15) is 6.42 Å². The number of aliphatic hydroxyl groups excluding tert-OH is 2. The van der Waals surface area contributed by atoms with Crippen molar-refractivity contribution in [1.29, 1.82) is 0 Å². The summed E-state index contributed by atoms with van der Waals surface area (Å²) in [4.78, 5) is 16.8. The third kappa shape index (κ3) is 4.13. The largest absolute Gasteiger partial charge is 0.469 e. The lowest BCUT2D eigenvalue weighted by Crippen LogP contribution is -2.53. The molecule has 0 aromatic heterocycles. The predicted molar refractivity (Wildman–Crippen MR) is 47.5 cm³/mol. The van der Waals surface area contributed by atoms with E-state index < -0.39 is 39.0 Å². The summed E-state index contributed by atoms with van der Waals surface area (Å²) in [5.41, 5.74) is 5.35. The maximum absolute atomic E-state index is 10.4. The van der Waals surface area contributed by atoms with Gasteiger partial charge in [-0.1, -0.05) is 0 Å². The van der Waals surface area contributed by atoms with Gasteiger partial charge in [0.1, 0.15) is 0 Å². The van der Waals surface area contributed by atoms with E-state index in [9.17, 15) is 14.8 Å². The van der Waals surface area contributed by atoms with E-state index in [1.54, 1.807) is 0 Å². The molecule has 0 bridgehead atoms. The Bertz CT molecular complexity index is 244. The van der Waals surface area contributed by atoms with Crippen molar-refractivity contribution in [1.82, 2.24) is 0 Å². The Kier molecular flexibility index (Phi) is 4.21. The molecular weight excluding hydrogens is 229 g/mol. The number of phosphoric ester groups is 1. The molecule has 9 heteroatoms. The maximum Gasteiger partial charge on any atom is 0.469 e. The summed E-state index contributed by atoms with van der Waals surface area (Å²) in [6.45, 7) is -0.412. The fourth-order valence-electron chi connectivity index (χ4n) is 1.25. The molecule has 0 saturated carbocycles. The third-order valence-electron chi connectivity index (χ3n) is 2.04. The van der Waals surface area contributed by atoms with Gasteiger partial charge in [0.2, 0.25) is 0 Å². The smallest absolute Gasteiger partial charge is 0.391 e. The Morgan fingerprint density at radius 3 is 2.53 bits per heavy atom. The van der Waals surface area contributed by atoms with Crippen LogP contribution in [0.25, 0.3) is 0 Å². The molecule has 6 N–H and O–H groups in total. The normalized spacial score (nSPS) is 37.9. The van der Waals surface area contributed by atoms with Crippen LogP contribution in [-0.4, -0.2) is 51.1 Å². The van der Waals surface area contributed by atoms with E-state index in [2.05, 4.69) is 4.52 Å². The lowest BCUT2D eigenvalue weighted by molar-refractivity contribution is -0.206. The van der Waals surface area contributed by atoms with Gasteiger partial charge < -0.3 is 30.5 Å². The van der Waals surface area contributed by atoms with E-state index in [1.807, 2.05) is 0 Å². The molecule has 90 valence electrons. The van der Waals surface area contributed by atoms with E-state index in [1.165, 1.54) is 0 Å². The molecule has 0 aromatic carbocycles. The Labute approximate surface area is 85.9 Å². The summed E-state index contributed by atoms with van der Waals surface area (Å²) < 4.78 is 19.4. The molecule has 0 radical (unpaired) electrons. The van der Waals surface area contributed by atoms with Crippen molar-refractivity contribution in [3.05, 3.63) is 0 Å². The number of aliphatic hydroxyl groups is 2. The van der Waals surface area contributed by atoms with Crippen molar-refractivity contribution in [2.45, 2.75) is 31.0 Å². The van der Waals surface area contributed by atoms with Crippen LogP contribution < -0.4 is 5.73 Å². The molecule has 1 fully saturated rings. The fraction of sp³-hybridized carbons (Fsp3) is 1.00. The zero-order valence-corrected chi connectivity index (χ0v) is 8.66. The van der Waals surface area contributed by atoms with Crippen LogP contribution in [0.4, 0.5) is 0 Å². The Morgan fingerprint density at radius 1 is 1.47 bits per heavy atom. The van der Waals surface area contributed by atoms with Gasteiger partial charge in [0.05, 0.1) is 24.9 Å². The Balaban J connectivity index is 2.42. The maximum atomic E-state index is 10.4. The number of rotatable bonds is 3. The summed E-state index contributed by atoms with van der Waals surface area (Å²) in [5.74, 6) is 0. The fourth-order valence-corrected chi connectivity index (χ4v) is 1.61. The molecule has 15 heavy (non-hydrogen) atoms. The first-order chi connectivity index (χ1) is 6.79. The van der Waals surface area contributed by atoms with Crippen LogP contribution in [0.5, 0.6) is 0 Å². The third-order valence-corrected chi connectivity index (χ3v) is 2.52. The van der Waals surface area contributed by atoms with E-state index in [0.717, 1.165) is 0 Å². The van der Waals surface area contributed by atoms with Crippen molar-refractivity contribution in [2.24, 2.45) is 5.73 Å². The summed E-state index contributed by atoms with van der Waals surface area (Å²) in [5, 5.41) is 18.5. The van der Waals surface area contributed by atoms with Gasteiger partial charge in [0, 0.05) is 6.42 Å². The van der Waals surface area contributed by atoms with Crippen LogP contribution >= 0.6 is 7.82 Å². The van der Waals surface area contributed by atoms with Crippen LogP contribution in [0.3, 0.4) is 0 Å². The second-order valence-corrected chi connectivity index (χ2v) is 4.55. The van der Waals surface area contributed by atoms with E-state index in [0.29, 0.717) is 0 Å². The minimum atomic E-state index is -4.56. The van der Waals surface area contributed by atoms with Gasteiger partial charge in [0.15, 0.2) is 6.29 Å². The quantitative estimate of drug-likeness (QED) is 0.354. The molecule has 1 heterocycles. The number of nitrogens with two attached hydrogens (primary N) is 1. The molecule has 8 nitrogen and oxygen atoms in total. The van der Waals surface area contributed by atoms with E-state index in [-0.39, 0.29) is 6.42 Å². The van der Waals surface area contributed by atoms with Gasteiger partial charge in [0.25, 0.3) is 0 Å². The SMILES string of the molecule is N[C@@H]1C(O)O[C@H](COP(=O)(O)O)C[C@@H]1O. The molecule has 0 aromatic rings. The first kappa shape index (κ1) is 13.0. The highest BCUT2D eigenvalue weighted by molar-refractivity contribution is 7.46.